The van der Waals surface area contributed by atoms with E-state index >= 15 is 0 Å². The van der Waals surface area contributed by atoms with Gasteiger partial charge in [0.25, 0.3) is 5.56 Å². The van der Waals surface area contributed by atoms with Crippen LogP contribution >= 0.6 is 11.6 Å². The molecular weight excluding hydrogens is 407 g/mol. The van der Waals surface area contributed by atoms with Gasteiger partial charge in [0, 0.05) is 5.02 Å². The third-order valence-electron chi connectivity index (χ3n) is 4.96. The molecule has 1 N–H and O–H groups in total. The molecule has 0 amide bonds. The Balaban J connectivity index is 1.84. The second-order valence-electron chi connectivity index (χ2n) is 6.86. The van der Waals surface area contributed by atoms with Crippen molar-refractivity contribution in [3.8, 4) is 17.1 Å². The van der Waals surface area contributed by atoms with Crippen LogP contribution in [0.3, 0.4) is 0 Å². The molecule has 8 heteroatoms. The largest absolute Gasteiger partial charge is 0.507 e. The van der Waals surface area contributed by atoms with Crippen LogP contribution < -0.4 is 5.56 Å². The highest BCUT2D eigenvalue weighted by Gasteiger charge is 2.19. The number of aromatic nitrogens is 4. The smallest absolute Gasteiger partial charge is 0.263 e. The third-order valence-corrected chi connectivity index (χ3v) is 5.20. The molecule has 2 aromatic heterocycles. The average Bonchev–Trinajstić information content (AvgIpc) is 3.19. The van der Waals surface area contributed by atoms with Crippen molar-refractivity contribution < 1.29 is 9.50 Å². The summed E-state index contributed by atoms with van der Waals surface area (Å²) in [6.45, 7) is 0.188. The maximum absolute atomic E-state index is 13.3. The van der Waals surface area contributed by atoms with Crippen LogP contribution in [0.5, 0.6) is 5.75 Å². The van der Waals surface area contributed by atoms with Crippen molar-refractivity contribution in [3.63, 3.8) is 0 Å². The Morgan fingerprint density at radius 2 is 1.77 bits per heavy atom. The predicted molar refractivity (Wildman–Crippen MR) is 112 cm³/mol. The maximum atomic E-state index is 13.3. The fraction of sp³-hybridized carbons (Fsp3) is 0.0455. The third kappa shape index (κ3) is 2.91. The molecule has 0 unspecified atom stereocenters. The normalized spacial score (nSPS) is 11.4. The van der Waals surface area contributed by atoms with Gasteiger partial charge in [-0.25, -0.2) is 4.39 Å². The number of rotatable bonds is 3. The molecule has 0 fully saturated rings. The molecule has 0 aliphatic carbocycles. The van der Waals surface area contributed by atoms with Crippen LogP contribution in [0.1, 0.15) is 5.56 Å². The minimum atomic E-state index is -0.351. The Bertz CT molecular complexity index is 1480. The van der Waals surface area contributed by atoms with Gasteiger partial charge in [0.2, 0.25) is 5.78 Å². The zero-order valence-electron chi connectivity index (χ0n) is 15.5. The quantitative estimate of drug-likeness (QED) is 0.473. The van der Waals surface area contributed by atoms with Gasteiger partial charge in [0.05, 0.1) is 23.0 Å². The Kier molecular flexibility index (Phi) is 4.25. The van der Waals surface area contributed by atoms with Gasteiger partial charge in [0.1, 0.15) is 11.6 Å². The molecule has 30 heavy (non-hydrogen) atoms. The molecule has 0 aliphatic heterocycles. The van der Waals surface area contributed by atoms with E-state index in [1.807, 2.05) is 6.07 Å². The number of aromatic hydroxyl groups is 1. The number of halogens is 2. The Morgan fingerprint density at radius 3 is 2.57 bits per heavy atom. The van der Waals surface area contributed by atoms with Crippen molar-refractivity contribution in [1.82, 2.24) is 19.2 Å². The van der Waals surface area contributed by atoms with Gasteiger partial charge in [-0.15, -0.1) is 10.2 Å². The van der Waals surface area contributed by atoms with Crippen molar-refractivity contribution in [2.75, 3.05) is 0 Å². The number of fused-ring (bicyclic) bond motifs is 3. The van der Waals surface area contributed by atoms with E-state index in [9.17, 15) is 14.3 Å². The molecule has 0 bridgehead atoms. The number of hydrogen-bond acceptors (Lipinski definition) is 4. The van der Waals surface area contributed by atoms with Crippen LogP contribution in [0.2, 0.25) is 5.02 Å². The second-order valence-corrected chi connectivity index (χ2v) is 7.29. The number of benzene rings is 3. The molecule has 3 aromatic carbocycles. The summed E-state index contributed by atoms with van der Waals surface area (Å²) in [5, 5.41) is 19.8. The van der Waals surface area contributed by atoms with E-state index in [1.165, 1.54) is 22.8 Å². The minimum absolute atomic E-state index is 0.00549. The van der Waals surface area contributed by atoms with E-state index in [0.717, 1.165) is 5.56 Å². The zero-order chi connectivity index (χ0) is 20.8. The lowest BCUT2D eigenvalue weighted by molar-refractivity contribution is 0.477. The molecule has 6 nitrogen and oxygen atoms in total. The molecule has 0 radical (unpaired) electrons. The van der Waals surface area contributed by atoms with Crippen molar-refractivity contribution in [2.24, 2.45) is 0 Å². The van der Waals surface area contributed by atoms with Crippen LogP contribution in [-0.4, -0.2) is 24.3 Å². The predicted octanol–water partition coefficient (Wildman–Crippen LogP) is 4.26. The molecule has 148 valence electrons. The topological polar surface area (TPSA) is 72.4 Å². The minimum Gasteiger partial charge on any atom is -0.507 e. The molecular formula is C22H14ClFN4O2. The molecule has 0 aliphatic rings. The molecule has 0 spiro atoms. The summed E-state index contributed by atoms with van der Waals surface area (Å²) in [7, 11) is 0. The Labute approximate surface area is 174 Å². The van der Waals surface area contributed by atoms with E-state index < -0.39 is 0 Å². The lowest BCUT2D eigenvalue weighted by Crippen LogP contribution is -2.24. The molecule has 0 atom stereocenters. The highest BCUT2D eigenvalue weighted by molar-refractivity contribution is 6.30. The SMILES string of the molecule is O=c1c2ccccc2n2c(-c3cc(Cl)ccc3O)nnc2n1Cc1ccc(F)cc1. The first-order valence-electron chi connectivity index (χ1n) is 9.13. The summed E-state index contributed by atoms with van der Waals surface area (Å²) >= 11 is 6.13. The number of phenolic OH excluding ortho intramolecular Hbond substituents is 1. The van der Waals surface area contributed by atoms with E-state index in [-0.39, 0.29) is 23.7 Å². The van der Waals surface area contributed by atoms with Gasteiger partial charge in [-0.1, -0.05) is 35.9 Å². The first-order chi connectivity index (χ1) is 14.5. The van der Waals surface area contributed by atoms with E-state index in [2.05, 4.69) is 10.2 Å². The van der Waals surface area contributed by atoms with Gasteiger partial charge >= 0.3 is 0 Å². The summed E-state index contributed by atoms with van der Waals surface area (Å²) in [5.74, 6) is 0.302. The molecule has 5 aromatic rings. The molecule has 0 saturated carbocycles. The van der Waals surface area contributed by atoms with Crippen LogP contribution in [0.4, 0.5) is 4.39 Å². The summed E-state index contributed by atoms with van der Waals surface area (Å²) in [5.41, 5.74) is 1.50. The summed E-state index contributed by atoms with van der Waals surface area (Å²) in [4.78, 5) is 13.2. The van der Waals surface area contributed by atoms with Gasteiger partial charge < -0.3 is 5.11 Å². The maximum Gasteiger partial charge on any atom is 0.263 e. The number of hydrogen-bond donors (Lipinski definition) is 1. The second kappa shape index (κ2) is 6.96. The summed E-state index contributed by atoms with van der Waals surface area (Å²) < 4.78 is 16.5. The van der Waals surface area contributed by atoms with Gasteiger partial charge in [-0.2, -0.15) is 0 Å². The number of nitrogens with zero attached hydrogens (tertiary/aromatic N) is 4. The van der Waals surface area contributed by atoms with Crippen molar-refractivity contribution >= 4 is 28.3 Å². The molecule has 2 heterocycles. The monoisotopic (exact) mass is 420 g/mol. The Morgan fingerprint density at radius 1 is 1.00 bits per heavy atom. The van der Waals surface area contributed by atoms with Crippen molar-refractivity contribution in [2.45, 2.75) is 6.54 Å². The highest BCUT2D eigenvalue weighted by Crippen LogP contribution is 2.32. The fourth-order valence-corrected chi connectivity index (χ4v) is 3.71. The van der Waals surface area contributed by atoms with Crippen LogP contribution in [0, 0.1) is 5.82 Å². The van der Waals surface area contributed by atoms with Crippen LogP contribution in [0.25, 0.3) is 28.1 Å². The zero-order valence-corrected chi connectivity index (χ0v) is 16.2. The van der Waals surface area contributed by atoms with Gasteiger partial charge in [-0.3, -0.25) is 13.8 Å². The van der Waals surface area contributed by atoms with Crippen LogP contribution in [0.15, 0.2) is 71.5 Å². The van der Waals surface area contributed by atoms with Crippen molar-refractivity contribution in [3.05, 3.63) is 93.5 Å². The number of phenols is 1. The highest BCUT2D eigenvalue weighted by atomic mass is 35.5. The molecule has 5 rings (SSSR count). The summed E-state index contributed by atoms with van der Waals surface area (Å²) in [6, 6.07) is 17.7. The lowest BCUT2D eigenvalue weighted by Gasteiger charge is -2.12. The van der Waals surface area contributed by atoms with Crippen molar-refractivity contribution in [1.29, 1.82) is 0 Å². The molecule has 0 saturated heterocycles. The van der Waals surface area contributed by atoms with Gasteiger partial charge in [0.15, 0.2) is 5.82 Å². The van der Waals surface area contributed by atoms with Crippen LogP contribution in [-0.2, 0) is 6.54 Å². The van der Waals surface area contributed by atoms with E-state index in [0.29, 0.717) is 33.1 Å². The fourth-order valence-electron chi connectivity index (χ4n) is 3.54. The summed E-state index contributed by atoms with van der Waals surface area (Å²) in [6.07, 6.45) is 0. The number of para-hydroxylation sites is 1. The Hall–Kier alpha value is -3.71. The standard InChI is InChI=1S/C22H14ClFN4O2/c23-14-7-10-19(29)17(11-14)20-25-26-22-27(12-13-5-8-15(24)9-6-13)21(30)16-3-1-2-4-18(16)28(20)22/h1-11,29H,12H2. The van der Waals surface area contributed by atoms with Gasteiger partial charge in [-0.05, 0) is 48.0 Å². The first-order valence-corrected chi connectivity index (χ1v) is 9.51. The van der Waals surface area contributed by atoms with E-state index in [4.69, 9.17) is 11.6 Å². The lowest BCUT2D eigenvalue weighted by atomic mass is 10.1. The average molecular weight is 421 g/mol. The van der Waals surface area contributed by atoms with E-state index in [1.54, 1.807) is 46.9 Å². The first kappa shape index (κ1) is 18.3.